The van der Waals surface area contributed by atoms with E-state index in [4.69, 9.17) is 9.84 Å². The lowest BCUT2D eigenvalue weighted by Crippen LogP contribution is -2.33. The van der Waals surface area contributed by atoms with E-state index in [1.54, 1.807) is 21.6 Å². The summed E-state index contributed by atoms with van der Waals surface area (Å²) in [5.74, 6) is 0.797. The summed E-state index contributed by atoms with van der Waals surface area (Å²) in [7, 11) is 3.31. The first-order chi connectivity index (χ1) is 9.40. The SMILES string of the molecule is CC(C)(C)OC(=O)NCCSSc1ccc(CO)cc1. The van der Waals surface area contributed by atoms with Crippen molar-refractivity contribution in [2.75, 3.05) is 12.3 Å². The normalized spacial score (nSPS) is 11.2. The Bertz CT molecular complexity index is 415. The van der Waals surface area contributed by atoms with Crippen LogP contribution < -0.4 is 5.32 Å². The quantitative estimate of drug-likeness (QED) is 0.622. The molecule has 0 saturated heterocycles. The summed E-state index contributed by atoms with van der Waals surface area (Å²) >= 11 is 0. The second kappa shape index (κ2) is 8.44. The maximum absolute atomic E-state index is 11.4. The second-order valence-electron chi connectivity index (χ2n) is 5.14. The number of hydrogen-bond acceptors (Lipinski definition) is 5. The van der Waals surface area contributed by atoms with Gasteiger partial charge in [-0.3, -0.25) is 0 Å². The lowest BCUT2D eigenvalue weighted by Gasteiger charge is -2.19. The lowest BCUT2D eigenvalue weighted by molar-refractivity contribution is 0.0531. The zero-order valence-electron chi connectivity index (χ0n) is 12.0. The number of aliphatic hydroxyl groups is 1. The van der Waals surface area contributed by atoms with E-state index in [-0.39, 0.29) is 12.7 Å². The Hall–Kier alpha value is -0.850. The van der Waals surface area contributed by atoms with Gasteiger partial charge in [-0.1, -0.05) is 33.7 Å². The molecule has 0 saturated carbocycles. The smallest absolute Gasteiger partial charge is 0.407 e. The van der Waals surface area contributed by atoms with Crippen molar-refractivity contribution in [2.24, 2.45) is 0 Å². The molecule has 6 heteroatoms. The van der Waals surface area contributed by atoms with Gasteiger partial charge in [0.05, 0.1) is 6.61 Å². The van der Waals surface area contributed by atoms with E-state index in [1.165, 1.54) is 0 Å². The van der Waals surface area contributed by atoms with Gasteiger partial charge in [-0.2, -0.15) is 0 Å². The predicted molar refractivity (Wildman–Crippen MR) is 84.9 cm³/mol. The van der Waals surface area contributed by atoms with E-state index in [0.29, 0.717) is 6.54 Å². The Morgan fingerprint density at radius 3 is 2.50 bits per heavy atom. The lowest BCUT2D eigenvalue weighted by atomic mass is 10.2. The second-order valence-corrected chi connectivity index (χ2v) is 7.63. The molecular formula is C14H21NO3S2. The van der Waals surface area contributed by atoms with Crippen molar-refractivity contribution in [2.45, 2.75) is 37.9 Å². The molecule has 0 aliphatic carbocycles. The molecule has 0 unspecified atom stereocenters. The molecule has 0 atom stereocenters. The summed E-state index contributed by atoms with van der Waals surface area (Å²) in [6.45, 7) is 6.16. The first kappa shape index (κ1) is 17.2. The van der Waals surface area contributed by atoms with Crippen LogP contribution in [0, 0.1) is 0 Å². The van der Waals surface area contributed by atoms with E-state index < -0.39 is 5.60 Å². The summed E-state index contributed by atoms with van der Waals surface area (Å²) in [5.41, 5.74) is 0.450. The average Bonchev–Trinajstić information content (AvgIpc) is 2.37. The molecule has 1 aromatic carbocycles. The van der Waals surface area contributed by atoms with Gasteiger partial charge in [0.2, 0.25) is 0 Å². The number of carbonyl (C=O) groups is 1. The highest BCUT2D eigenvalue weighted by Crippen LogP contribution is 2.30. The summed E-state index contributed by atoms with van der Waals surface area (Å²) < 4.78 is 5.14. The fourth-order valence-electron chi connectivity index (χ4n) is 1.27. The molecule has 4 nitrogen and oxygen atoms in total. The summed E-state index contributed by atoms with van der Waals surface area (Å²) in [5, 5.41) is 11.7. The molecule has 0 radical (unpaired) electrons. The van der Waals surface area contributed by atoms with Crippen molar-refractivity contribution in [1.29, 1.82) is 0 Å². The minimum atomic E-state index is -0.458. The first-order valence-electron chi connectivity index (χ1n) is 6.37. The molecule has 20 heavy (non-hydrogen) atoms. The fraction of sp³-hybridized carbons (Fsp3) is 0.500. The van der Waals surface area contributed by atoms with E-state index in [2.05, 4.69) is 5.32 Å². The Morgan fingerprint density at radius 1 is 1.30 bits per heavy atom. The summed E-state index contributed by atoms with van der Waals surface area (Å²) in [4.78, 5) is 12.5. The van der Waals surface area contributed by atoms with Crippen LogP contribution in [0.1, 0.15) is 26.3 Å². The number of benzene rings is 1. The molecule has 0 spiro atoms. The molecule has 0 aromatic heterocycles. The highest BCUT2D eigenvalue weighted by molar-refractivity contribution is 8.76. The third kappa shape index (κ3) is 7.67. The molecule has 0 aliphatic rings. The summed E-state index contributed by atoms with van der Waals surface area (Å²) in [6, 6.07) is 7.76. The van der Waals surface area contributed by atoms with Crippen molar-refractivity contribution in [3.8, 4) is 0 Å². The molecule has 0 aliphatic heterocycles. The Morgan fingerprint density at radius 2 is 1.95 bits per heavy atom. The number of rotatable bonds is 6. The standard InChI is InChI=1S/C14H21NO3S2/c1-14(2,3)18-13(17)15-8-9-19-20-12-6-4-11(10-16)5-7-12/h4-7,16H,8-10H2,1-3H3,(H,15,17). The molecule has 2 N–H and O–H groups in total. The van der Waals surface area contributed by atoms with Gasteiger partial charge < -0.3 is 15.2 Å². The molecule has 0 bridgehead atoms. The van der Waals surface area contributed by atoms with Crippen molar-refractivity contribution in [3.63, 3.8) is 0 Å². The molecule has 112 valence electrons. The molecule has 0 fully saturated rings. The van der Waals surface area contributed by atoms with Gasteiger partial charge in [0.1, 0.15) is 5.60 Å². The van der Waals surface area contributed by atoms with Crippen LogP contribution in [-0.2, 0) is 11.3 Å². The van der Waals surface area contributed by atoms with E-state index in [0.717, 1.165) is 16.2 Å². The fourth-order valence-corrected chi connectivity index (χ4v) is 3.16. The van der Waals surface area contributed by atoms with Gasteiger partial charge in [-0.05, 0) is 38.5 Å². The van der Waals surface area contributed by atoms with Gasteiger partial charge in [-0.25, -0.2) is 4.79 Å². The maximum Gasteiger partial charge on any atom is 0.407 e. The third-order valence-corrected chi connectivity index (χ3v) is 4.50. The van der Waals surface area contributed by atoms with Crippen LogP contribution in [0.3, 0.4) is 0 Å². The molecule has 0 heterocycles. The largest absolute Gasteiger partial charge is 0.444 e. The van der Waals surface area contributed by atoms with Gasteiger partial charge in [0.25, 0.3) is 0 Å². The number of amides is 1. The third-order valence-electron chi connectivity index (χ3n) is 2.11. The van der Waals surface area contributed by atoms with Gasteiger partial charge in [-0.15, -0.1) is 0 Å². The highest BCUT2D eigenvalue weighted by Gasteiger charge is 2.15. The molecule has 1 rings (SSSR count). The van der Waals surface area contributed by atoms with Crippen LogP contribution in [0.5, 0.6) is 0 Å². The van der Waals surface area contributed by atoms with Gasteiger partial charge >= 0.3 is 6.09 Å². The molecule has 1 aromatic rings. The topological polar surface area (TPSA) is 58.6 Å². The Labute approximate surface area is 128 Å². The maximum atomic E-state index is 11.4. The first-order valence-corrected chi connectivity index (χ1v) is 8.69. The van der Waals surface area contributed by atoms with Crippen molar-refractivity contribution < 1.29 is 14.6 Å². The number of alkyl carbamates (subject to hydrolysis) is 1. The zero-order chi connectivity index (χ0) is 15.0. The van der Waals surface area contributed by atoms with Gasteiger partial charge in [0, 0.05) is 17.2 Å². The highest BCUT2D eigenvalue weighted by atomic mass is 33.1. The number of carbonyl (C=O) groups excluding carboxylic acids is 1. The minimum Gasteiger partial charge on any atom is -0.444 e. The number of aliphatic hydroxyl groups excluding tert-OH is 1. The van der Waals surface area contributed by atoms with Crippen LogP contribution >= 0.6 is 21.6 Å². The Balaban J connectivity index is 2.14. The Kier molecular flexibility index (Phi) is 7.26. The number of nitrogens with one attached hydrogen (secondary N) is 1. The van der Waals surface area contributed by atoms with Crippen LogP contribution in [0.4, 0.5) is 4.79 Å². The molecule has 1 amide bonds. The van der Waals surface area contributed by atoms with Crippen molar-refractivity contribution >= 4 is 27.7 Å². The van der Waals surface area contributed by atoms with Crippen molar-refractivity contribution in [3.05, 3.63) is 29.8 Å². The summed E-state index contributed by atoms with van der Waals surface area (Å²) in [6.07, 6.45) is -0.379. The van der Waals surface area contributed by atoms with Crippen LogP contribution in [0.25, 0.3) is 0 Å². The van der Waals surface area contributed by atoms with Crippen LogP contribution in [0.15, 0.2) is 29.2 Å². The van der Waals surface area contributed by atoms with E-state index >= 15 is 0 Å². The average molecular weight is 315 g/mol. The predicted octanol–water partition coefficient (Wildman–Crippen LogP) is 3.44. The number of ether oxygens (including phenoxy) is 1. The van der Waals surface area contributed by atoms with Crippen LogP contribution in [-0.4, -0.2) is 29.1 Å². The zero-order valence-corrected chi connectivity index (χ0v) is 13.6. The van der Waals surface area contributed by atoms with E-state index in [1.807, 2.05) is 45.0 Å². The van der Waals surface area contributed by atoms with Crippen molar-refractivity contribution in [1.82, 2.24) is 5.32 Å². The monoisotopic (exact) mass is 315 g/mol. The molecular weight excluding hydrogens is 294 g/mol. The van der Waals surface area contributed by atoms with Crippen LogP contribution in [0.2, 0.25) is 0 Å². The van der Waals surface area contributed by atoms with E-state index in [9.17, 15) is 4.79 Å². The van der Waals surface area contributed by atoms with Gasteiger partial charge in [0.15, 0.2) is 0 Å². The number of hydrogen-bond donors (Lipinski definition) is 2. The minimum absolute atomic E-state index is 0.0674.